The molecule has 5 rings (SSSR count). The van der Waals surface area contributed by atoms with Crippen LogP contribution in [0.5, 0.6) is 0 Å². The lowest BCUT2D eigenvalue weighted by Crippen LogP contribution is -2.49. The summed E-state index contributed by atoms with van der Waals surface area (Å²) >= 11 is 0. The van der Waals surface area contributed by atoms with E-state index in [4.69, 9.17) is 0 Å². The Morgan fingerprint density at radius 1 is 1.00 bits per heavy atom. The smallest absolute Gasteiger partial charge is 0.340 e. The summed E-state index contributed by atoms with van der Waals surface area (Å²) in [6.45, 7) is 3.37. The van der Waals surface area contributed by atoms with Crippen LogP contribution in [0, 0.1) is 11.8 Å². The van der Waals surface area contributed by atoms with E-state index >= 15 is 0 Å². The molecule has 2 fully saturated rings. The van der Waals surface area contributed by atoms with E-state index in [1.54, 1.807) is 0 Å². The number of anilines is 1. The van der Waals surface area contributed by atoms with E-state index < -0.39 is 0 Å². The maximum absolute atomic E-state index is 13.7. The monoisotopic (exact) mass is 437 g/mol. The third kappa shape index (κ3) is 3.76. The fraction of sp³-hybridized carbons (Fsp3) is 0.583. The second-order valence-electron chi connectivity index (χ2n) is 9.55. The highest BCUT2D eigenvalue weighted by atomic mass is 16.2. The number of rotatable bonds is 3. The first-order chi connectivity index (χ1) is 15.5. The Hall–Kier alpha value is -2.90. The lowest BCUT2D eigenvalue weighted by Gasteiger charge is -2.39. The predicted molar refractivity (Wildman–Crippen MR) is 120 cm³/mol. The third-order valence-electron chi connectivity index (χ3n) is 7.56. The van der Waals surface area contributed by atoms with Crippen molar-refractivity contribution in [2.45, 2.75) is 63.8 Å². The molecule has 1 saturated heterocycles. The first-order valence-electron chi connectivity index (χ1n) is 11.9. The molecule has 2 aliphatic heterocycles. The summed E-state index contributed by atoms with van der Waals surface area (Å²) in [5.41, 5.74) is 1.93. The van der Waals surface area contributed by atoms with Gasteiger partial charge in [-0.05, 0) is 50.7 Å². The number of nitrogens with one attached hydrogen (secondary N) is 2. The van der Waals surface area contributed by atoms with E-state index in [2.05, 4.69) is 28.2 Å². The molecule has 1 aromatic carbocycles. The molecular formula is C24H31N5O3. The van der Waals surface area contributed by atoms with Crippen molar-refractivity contribution in [2.24, 2.45) is 11.8 Å². The minimum Gasteiger partial charge on any atom is -0.342 e. The van der Waals surface area contributed by atoms with Crippen molar-refractivity contribution >= 4 is 17.5 Å². The molecule has 170 valence electrons. The van der Waals surface area contributed by atoms with Crippen LogP contribution in [-0.4, -0.2) is 51.0 Å². The van der Waals surface area contributed by atoms with Crippen molar-refractivity contribution in [2.75, 3.05) is 18.0 Å². The molecule has 3 aliphatic rings. The molecule has 32 heavy (non-hydrogen) atoms. The summed E-state index contributed by atoms with van der Waals surface area (Å²) < 4.78 is 0. The van der Waals surface area contributed by atoms with Crippen molar-refractivity contribution in [1.29, 1.82) is 0 Å². The standard InChI is InChI=1S/C24H31N5O3/c1-15-14-17-6-2-5-9-20(17)29(15)23(31)19-8-4-3-7-18(19)22(30)28-12-10-16(11-13-28)21-25-24(32)27-26-21/h2,5-6,9,15-16,18-19H,3-4,7-8,10-14H2,1H3,(H2,25,26,27,32). The third-order valence-corrected chi connectivity index (χ3v) is 7.56. The summed E-state index contributed by atoms with van der Waals surface area (Å²) in [4.78, 5) is 45.2. The number of H-pyrrole nitrogens is 2. The van der Waals surface area contributed by atoms with E-state index in [-0.39, 0.29) is 41.3 Å². The maximum atomic E-state index is 13.7. The van der Waals surface area contributed by atoms with Gasteiger partial charge in [-0.15, -0.1) is 0 Å². The molecule has 3 heterocycles. The highest BCUT2D eigenvalue weighted by Crippen LogP contribution is 2.39. The second kappa shape index (κ2) is 8.56. The minimum atomic E-state index is -0.292. The zero-order chi connectivity index (χ0) is 22.2. The Kier molecular flexibility index (Phi) is 5.61. The van der Waals surface area contributed by atoms with Gasteiger partial charge in [-0.25, -0.2) is 9.89 Å². The van der Waals surface area contributed by atoms with E-state index in [1.807, 2.05) is 28.0 Å². The van der Waals surface area contributed by atoms with Crippen LogP contribution < -0.4 is 10.6 Å². The summed E-state index contributed by atoms with van der Waals surface area (Å²) in [6.07, 6.45) is 5.98. The average Bonchev–Trinajstić information content (AvgIpc) is 3.40. The number of amides is 2. The molecule has 3 atom stereocenters. The van der Waals surface area contributed by atoms with E-state index in [1.165, 1.54) is 5.56 Å². The van der Waals surface area contributed by atoms with Gasteiger partial charge in [-0.1, -0.05) is 31.0 Å². The van der Waals surface area contributed by atoms with Gasteiger partial charge in [0, 0.05) is 36.7 Å². The number of hydrogen-bond donors (Lipinski definition) is 2. The number of fused-ring (bicyclic) bond motifs is 1. The lowest BCUT2D eigenvalue weighted by atomic mass is 9.77. The Morgan fingerprint density at radius 3 is 2.38 bits per heavy atom. The number of hydrogen-bond acceptors (Lipinski definition) is 4. The highest BCUT2D eigenvalue weighted by molar-refractivity contribution is 6.00. The number of carbonyl (C=O) groups is 2. The normalized spacial score (nSPS) is 26.2. The van der Waals surface area contributed by atoms with Gasteiger partial charge < -0.3 is 9.80 Å². The van der Waals surface area contributed by atoms with Crippen LogP contribution >= 0.6 is 0 Å². The molecular weight excluding hydrogens is 406 g/mol. The molecule has 2 N–H and O–H groups in total. The SMILES string of the molecule is CC1Cc2ccccc2N1C(=O)C1CCCCC1C(=O)N1CCC(c2n[nH]c(=O)[nH]2)CC1. The van der Waals surface area contributed by atoms with Crippen LogP contribution in [0.25, 0.3) is 0 Å². The van der Waals surface area contributed by atoms with Gasteiger partial charge in [0.2, 0.25) is 11.8 Å². The van der Waals surface area contributed by atoms with Gasteiger partial charge in [0.15, 0.2) is 0 Å². The summed E-state index contributed by atoms with van der Waals surface area (Å²) in [5.74, 6) is 0.586. The zero-order valence-corrected chi connectivity index (χ0v) is 18.5. The number of para-hydroxylation sites is 1. The van der Waals surface area contributed by atoms with E-state index in [0.29, 0.717) is 18.9 Å². The molecule has 1 aromatic heterocycles. The number of carbonyl (C=O) groups excluding carboxylic acids is 2. The molecule has 0 spiro atoms. The number of piperidine rings is 1. The van der Waals surface area contributed by atoms with E-state index in [9.17, 15) is 14.4 Å². The van der Waals surface area contributed by atoms with E-state index in [0.717, 1.165) is 50.6 Å². The summed E-state index contributed by atoms with van der Waals surface area (Å²) in [6, 6.07) is 8.26. The number of likely N-dealkylation sites (tertiary alicyclic amines) is 1. The lowest BCUT2D eigenvalue weighted by molar-refractivity contribution is -0.143. The maximum Gasteiger partial charge on any atom is 0.340 e. The number of aromatic amines is 2. The minimum absolute atomic E-state index is 0.115. The molecule has 8 nitrogen and oxygen atoms in total. The Morgan fingerprint density at radius 2 is 1.69 bits per heavy atom. The van der Waals surface area contributed by atoms with Crippen molar-refractivity contribution in [3.63, 3.8) is 0 Å². The van der Waals surface area contributed by atoms with Crippen molar-refractivity contribution in [1.82, 2.24) is 20.1 Å². The molecule has 2 aromatic rings. The zero-order valence-electron chi connectivity index (χ0n) is 18.5. The Bertz CT molecular complexity index is 1050. The van der Waals surface area contributed by atoms with Gasteiger partial charge in [-0.3, -0.25) is 14.6 Å². The van der Waals surface area contributed by atoms with Gasteiger partial charge in [0.25, 0.3) is 0 Å². The van der Waals surface area contributed by atoms with Gasteiger partial charge in [0.05, 0.1) is 5.92 Å². The van der Waals surface area contributed by atoms with Crippen LogP contribution in [0.2, 0.25) is 0 Å². The fourth-order valence-corrected chi connectivity index (χ4v) is 5.89. The van der Waals surface area contributed by atoms with Crippen LogP contribution in [0.1, 0.15) is 62.8 Å². The van der Waals surface area contributed by atoms with Gasteiger partial charge >= 0.3 is 5.69 Å². The topological polar surface area (TPSA) is 102 Å². The number of nitrogens with zero attached hydrogens (tertiary/aromatic N) is 3. The molecule has 8 heteroatoms. The Balaban J connectivity index is 1.29. The number of benzene rings is 1. The number of aromatic nitrogens is 3. The Labute approximate surface area is 187 Å². The molecule has 3 unspecified atom stereocenters. The van der Waals surface area contributed by atoms with Crippen LogP contribution in [0.4, 0.5) is 5.69 Å². The van der Waals surface area contributed by atoms with Crippen molar-refractivity contribution in [3.8, 4) is 0 Å². The molecule has 2 amide bonds. The molecule has 1 aliphatic carbocycles. The molecule has 1 saturated carbocycles. The fourth-order valence-electron chi connectivity index (χ4n) is 5.89. The van der Waals surface area contributed by atoms with Crippen LogP contribution in [0.15, 0.2) is 29.1 Å². The molecule has 0 radical (unpaired) electrons. The summed E-state index contributed by atoms with van der Waals surface area (Å²) in [5, 5.41) is 6.48. The largest absolute Gasteiger partial charge is 0.342 e. The average molecular weight is 438 g/mol. The van der Waals surface area contributed by atoms with Crippen molar-refractivity contribution in [3.05, 3.63) is 46.1 Å². The van der Waals surface area contributed by atoms with Crippen LogP contribution in [-0.2, 0) is 16.0 Å². The predicted octanol–water partition coefficient (Wildman–Crippen LogP) is 2.59. The summed E-state index contributed by atoms with van der Waals surface area (Å²) in [7, 11) is 0. The first-order valence-corrected chi connectivity index (χ1v) is 11.9. The second-order valence-corrected chi connectivity index (χ2v) is 9.55. The van der Waals surface area contributed by atoms with Crippen LogP contribution in [0.3, 0.4) is 0 Å². The van der Waals surface area contributed by atoms with Crippen molar-refractivity contribution < 1.29 is 9.59 Å². The molecule has 0 bridgehead atoms. The first kappa shape index (κ1) is 21.0. The highest BCUT2D eigenvalue weighted by Gasteiger charge is 2.43. The quantitative estimate of drug-likeness (QED) is 0.770. The van der Waals surface area contributed by atoms with Gasteiger partial charge in [0.1, 0.15) is 5.82 Å². The van der Waals surface area contributed by atoms with Gasteiger partial charge in [-0.2, -0.15) is 5.10 Å².